The van der Waals surface area contributed by atoms with E-state index in [9.17, 15) is 9.59 Å². The minimum absolute atomic E-state index is 0.0872. The molecular formula is C9H15NO4. The second kappa shape index (κ2) is 4.95. The molecule has 1 rings (SSSR count). The summed E-state index contributed by atoms with van der Waals surface area (Å²) in [6, 6.07) is -0.407. The Hall–Kier alpha value is -1.10. The van der Waals surface area contributed by atoms with Crippen molar-refractivity contribution < 1.29 is 19.4 Å². The first-order chi connectivity index (χ1) is 6.63. The lowest BCUT2D eigenvalue weighted by atomic mass is 10.0. The quantitative estimate of drug-likeness (QED) is 0.620. The number of carbonyl (C=O) groups is 2. The summed E-state index contributed by atoms with van der Waals surface area (Å²) in [5.41, 5.74) is 0. The minimum atomic E-state index is -0.924. The minimum Gasteiger partial charge on any atom is -0.481 e. The number of carboxylic acid groups (broad SMARTS) is 1. The van der Waals surface area contributed by atoms with E-state index in [0.717, 1.165) is 12.8 Å². The maximum absolute atomic E-state index is 10.5. The van der Waals surface area contributed by atoms with E-state index >= 15 is 0 Å². The zero-order chi connectivity index (χ0) is 10.6. The predicted molar refractivity (Wildman–Crippen MR) is 48.8 cm³/mol. The molecule has 1 fully saturated rings. The monoisotopic (exact) mass is 201 g/mol. The lowest BCUT2D eigenvalue weighted by Crippen LogP contribution is -2.40. The molecule has 0 radical (unpaired) electrons. The third-order valence-electron chi connectivity index (χ3n) is 2.39. The number of hydrogen-bond acceptors (Lipinski definition) is 3. The molecule has 0 spiro atoms. The summed E-state index contributed by atoms with van der Waals surface area (Å²) >= 11 is 0. The summed E-state index contributed by atoms with van der Waals surface area (Å²) in [7, 11) is 0. The van der Waals surface area contributed by atoms with Gasteiger partial charge in [0.15, 0.2) is 0 Å². The van der Waals surface area contributed by atoms with Gasteiger partial charge in [0.2, 0.25) is 6.41 Å². The van der Waals surface area contributed by atoms with Gasteiger partial charge in [-0.1, -0.05) is 0 Å². The maximum Gasteiger partial charge on any atom is 0.305 e. The highest BCUT2D eigenvalue weighted by Gasteiger charge is 2.30. The zero-order valence-corrected chi connectivity index (χ0v) is 8.10. The number of nitrogens with one attached hydrogen (secondary N) is 1. The normalized spacial score (nSPS) is 28.4. The van der Waals surface area contributed by atoms with Gasteiger partial charge in [-0.15, -0.1) is 0 Å². The first kappa shape index (κ1) is 11.0. The van der Waals surface area contributed by atoms with Crippen LogP contribution in [0.25, 0.3) is 0 Å². The van der Waals surface area contributed by atoms with E-state index in [4.69, 9.17) is 9.84 Å². The highest BCUT2D eigenvalue weighted by atomic mass is 16.5. The van der Waals surface area contributed by atoms with Crippen molar-refractivity contribution in [1.82, 2.24) is 5.32 Å². The molecule has 0 aromatic carbocycles. The standard InChI is InChI=1S/C9H15NO4/c1-6-2-3-8(14-6)7(10-5-11)4-9(12)13/h5-8H,2-4H2,1H3,(H,10,11)(H,12,13)/t6?,7-,8?/m0/s1. The summed E-state index contributed by atoms with van der Waals surface area (Å²) in [5, 5.41) is 11.1. The van der Waals surface area contributed by atoms with Crippen molar-refractivity contribution in [2.45, 2.75) is 44.4 Å². The van der Waals surface area contributed by atoms with Crippen LogP contribution in [0.15, 0.2) is 0 Å². The first-order valence-electron chi connectivity index (χ1n) is 4.70. The molecule has 0 aliphatic carbocycles. The topological polar surface area (TPSA) is 75.6 Å². The fraction of sp³-hybridized carbons (Fsp3) is 0.778. The molecule has 1 amide bonds. The van der Waals surface area contributed by atoms with Crippen LogP contribution in [0, 0.1) is 0 Å². The zero-order valence-electron chi connectivity index (χ0n) is 8.10. The smallest absolute Gasteiger partial charge is 0.305 e. The number of amides is 1. The van der Waals surface area contributed by atoms with Crippen molar-refractivity contribution in [3.63, 3.8) is 0 Å². The SMILES string of the molecule is CC1CCC([C@H](CC(=O)O)NC=O)O1. The van der Waals surface area contributed by atoms with Crippen molar-refractivity contribution in [2.75, 3.05) is 0 Å². The second-order valence-corrected chi connectivity index (χ2v) is 3.55. The molecule has 0 aromatic heterocycles. The lowest BCUT2D eigenvalue weighted by molar-refractivity contribution is -0.138. The first-order valence-corrected chi connectivity index (χ1v) is 4.70. The van der Waals surface area contributed by atoms with Crippen LogP contribution in [0.4, 0.5) is 0 Å². The number of ether oxygens (including phenoxy) is 1. The maximum atomic E-state index is 10.5. The summed E-state index contributed by atoms with van der Waals surface area (Å²) in [4.78, 5) is 20.8. The molecule has 80 valence electrons. The van der Waals surface area contributed by atoms with Crippen LogP contribution < -0.4 is 5.32 Å². The molecule has 2 unspecified atom stereocenters. The molecule has 1 aliphatic heterocycles. The van der Waals surface area contributed by atoms with Crippen LogP contribution in [-0.2, 0) is 14.3 Å². The third kappa shape index (κ3) is 2.99. The molecule has 1 aliphatic rings. The van der Waals surface area contributed by atoms with Crippen LogP contribution in [0.3, 0.4) is 0 Å². The van der Waals surface area contributed by atoms with Gasteiger partial charge in [0.05, 0.1) is 24.7 Å². The Morgan fingerprint density at radius 1 is 1.71 bits per heavy atom. The fourth-order valence-corrected chi connectivity index (χ4v) is 1.70. The summed E-state index contributed by atoms with van der Waals surface area (Å²) < 4.78 is 5.49. The number of hydrogen-bond donors (Lipinski definition) is 2. The molecule has 1 heterocycles. The summed E-state index contributed by atoms with van der Waals surface area (Å²) in [5.74, 6) is -0.924. The van der Waals surface area contributed by atoms with Gasteiger partial charge in [-0.3, -0.25) is 9.59 Å². The Bertz CT molecular complexity index is 219. The summed E-state index contributed by atoms with van der Waals surface area (Å²) in [6.45, 7) is 1.94. The molecule has 0 aromatic rings. The number of aliphatic carboxylic acids is 1. The van der Waals surface area contributed by atoms with Crippen LogP contribution in [0.1, 0.15) is 26.2 Å². The van der Waals surface area contributed by atoms with E-state index in [2.05, 4.69) is 5.32 Å². The van der Waals surface area contributed by atoms with E-state index in [0.29, 0.717) is 6.41 Å². The van der Waals surface area contributed by atoms with Gasteiger partial charge >= 0.3 is 5.97 Å². The second-order valence-electron chi connectivity index (χ2n) is 3.55. The molecular weight excluding hydrogens is 186 g/mol. The molecule has 5 nitrogen and oxygen atoms in total. The Morgan fingerprint density at radius 3 is 2.86 bits per heavy atom. The predicted octanol–water partition coefficient (Wildman–Crippen LogP) is 0.143. The number of carboxylic acids is 1. The molecule has 14 heavy (non-hydrogen) atoms. The molecule has 0 bridgehead atoms. The van der Waals surface area contributed by atoms with Gasteiger partial charge in [-0.05, 0) is 19.8 Å². The van der Waals surface area contributed by atoms with Crippen molar-refractivity contribution in [1.29, 1.82) is 0 Å². The average Bonchev–Trinajstić information content (AvgIpc) is 2.50. The molecule has 0 saturated carbocycles. The van der Waals surface area contributed by atoms with E-state index in [1.54, 1.807) is 0 Å². The average molecular weight is 201 g/mol. The van der Waals surface area contributed by atoms with E-state index < -0.39 is 12.0 Å². The van der Waals surface area contributed by atoms with Crippen LogP contribution in [-0.4, -0.2) is 35.7 Å². The molecule has 3 atom stereocenters. The van der Waals surface area contributed by atoms with Gasteiger partial charge in [0, 0.05) is 0 Å². The third-order valence-corrected chi connectivity index (χ3v) is 2.39. The summed E-state index contributed by atoms with van der Waals surface area (Å²) in [6.07, 6.45) is 2.16. The Kier molecular flexibility index (Phi) is 3.88. The van der Waals surface area contributed by atoms with Crippen molar-refractivity contribution >= 4 is 12.4 Å². The Morgan fingerprint density at radius 2 is 2.43 bits per heavy atom. The van der Waals surface area contributed by atoms with E-state index in [1.807, 2.05) is 6.92 Å². The number of rotatable bonds is 5. The Balaban J connectivity index is 2.48. The Labute approximate surface area is 82.4 Å². The number of carbonyl (C=O) groups excluding carboxylic acids is 1. The van der Waals surface area contributed by atoms with E-state index in [-0.39, 0.29) is 18.6 Å². The van der Waals surface area contributed by atoms with Crippen molar-refractivity contribution in [2.24, 2.45) is 0 Å². The van der Waals surface area contributed by atoms with Gasteiger partial charge in [0.1, 0.15) is 0 Å². The highest BCUT2D eigenvalue weighted by molar-refractivity contribution is 5.68. The van der Waals surface area contributed by atoms with Crippen LogP contribution in [0.2, 0.25) is 0 Å². The van der Waals surface area contributed by atoms with Crippen LogP contribution >= 0.6 is 0 Å². The molecule has 2 N–H and O–H groups in total. The van der Waals surface area contributed by atoms with Crippen LogP contribution in [0.5, 0.6) is 0 Å². The lowest BCUT2D eigenvalue weighted by Gasteiger charge is -2.21. The molecule has 1 saturated heterocycles. The van der Waals surface area contributed by atoms with Gasteiger partial charge in [0.25, 0.3) is 0 Å². The van der Waals surface area contributed by atoms with Gasteiger partial charge in [-0.2, -0.15) is 0 Å². The fourth-order valence-electron chi connectivity index (χ4n) is 1.70. The highest BCUT2D eigenvalue weighted by Crippen LogP contribution is 2.22. The van der Waals surface area contributed by atoms with Crippen molar-refractivity contribution in [3.8, 4) is 0 Å². The molecule has 5 heteroatoms. The van der Waals surface area contributed by atoms with Gasteiger partial charge in [-0.25, -0.2) is 0 Å². The van der Waals surface area contributed by atoms with E-state index in [1.165, 1.54) is 0 Å². The largest absolute Gasteiger partial charge is 0.481 e. The van der Waals surface area contributed by atoms with Gasteiger partial charge < -0.3 is 15.2 Å². The van der Waals surface area contributed by atoms with Crippen molar-refractivity contribution in [3.05, 3.63) is 0 Å².